The quantitative estimate of drug-likeness (QED) is 0.763. The molecule has 0 aliphatic carbocycles. The zero-order chi connectivity index (χ0) is 17.9. The molecular formula is C16H20BrN5O2. The topological polar surface area (TPSA) is 101 Å². The van der Waals surface area contributed by atoms with Gasteiger partial charge in [0.15, 0.2) is 15.9 Å². The van der Waals surface area contributed by atoms with Crippen LogP contribution < -0.4 is 11.2 Å². The minimum atomic E-state index is -0.161. The zero-order valence-electron chi connectivity index (χ0n) is 13.8. The Balaban J connectivity index is 2.43. The van der Waals surface area contributed by atoms with Gasteiger partial charge in [0.05, 0.1) is 11.3 Å². The van der Waals surface area contributed by atoms with Crippen molar-refractivity contribution in [2.24, 2.45) is 5.10 Å². The zero-order valence-corrected chi connectivity index (χ0v) is 15.4. The first-order valence-corrected chi connectivity index (χ1v) is 8.26. The van der Waals surface area contributed by atoms with E-state index in [1.54, 1.807) is 31.0 Å². The summed E-state index contributed by atoms with van der Waals surface area (Å²) in [5.41, 5.74) is 7.01. The van der Waals surface area contributed by atoms with Crippen molar-refractivity contribution < 1.29 is 9.21 Å². The molecule has 0 atom stereocenters. The number of anilines is 1. The molecule has 7 nitrogen and oxygen atoms in total. The molecule has 2 heterocycles. The molecule has 128 valence electrons. The number of amides is 1. The second kappa shape index (κ2) is 7.48. The smallest absolute Gasteiger partial charge is 0.255 e. The van der Waals surface area contributed by atoms with Crippen LogP contribution in [0.25, 0.3) is 0 Å². The summed E-state index contributed by atoms with van der Waals surface area (Å²) in [6, 6.07) is 5.02. The van der Waals surface area contributed by atoms with Gasteiger partial charge < -0.3 is 15.1 Å². The molecule has 0 aliphatic heterocycles. The van der Waals surface area contributed by atoms with Gasteiger partial charge in [-0.25, -0.2) is 4.68 Å². The Morgan fingerprint density at radius 3 is 2.79 bits per heavy atom. The van der Waals surface area contributed by atoms with E-state index in [0.717, 1.165) is 6.42 Å². The van der Waals surface area contributed by atoms with Crippen molar-refractivity contribution in [3.8, 4) is 0 Å². The average Bonchev–Trinajstić information content (AvgIpc) is 2.97. The number of nitrogens with two attached hydrogens (primary N) is 1. The second-order valence-corrected chi connectivity index (χ2v) is 6.17. The Labute approximate surface area is 148 Å². The monoisotopic (exact) mass is 393 g/mol. The molecule has 3 N–H and O–H groups in total. The fourth-order valence-electron chi connectivity index (χ4n) is 2.17. The standard InChI is InChI=1S/C16H20BrN5O2/c1-4-7-21(3)16(23)11-8-12(18)15(19)22(9-11)20-10(2)13-5-6-14(17)24-13/h5-6,8-9,19H,4,7,18H2,1-3H3/b19-15?,20-10+. The lowest BCUT2D eigenvalue weighted by Crippen LogP contribution is -2.30. The number of nitrogens with one attached hydrogen (secondary N) is 1. The van der Waals surface area contributed by atoms with Crippen LogP contribution in [0.3, 0.4) is 0 Å². The first kappa shape index (κ1) is 18.0. The molecule has 2 aromatic heterocycles. The minimum absolute atomic E-state index is 0.00895. The summed E-state index contributed by atoms with van der Waals surface area (Å²) in [5.74, 6) is 0.401. The van der Waals surface area contributed by atoms with Gasteiger partial charge in [-0.3, -0.25) is 10.2 Å². The van der Waals surface area contributed by atoms with Gasteiger partial charge >= 0.3 is 0 Å². The average molecular weight is 394 g/mol. The predicted molar refractivity (Wildman–Crippen MR) is 96.0 cm³/mol. The molecule has 0 saturated heterocycles. The van der Waals surface area contributed by atoms with Crippen LogP contribution in [0, 0.1) is 5.41 Å². The number of rotatable bonds is 5. The van der Waals surface area contributed by atoms with Gasteiger partial charge in [0.1, 0.15) is 5.71 Å². The number of nitrogens with zero attached hydrogens (tertiary/aromatic N) is 3. The van der Waals surface area contributed by atoms with Crippen LogP contribution in [0.4, 0.5) is 5.69 Å². The molecule has 0 bridgehead atoms. The number of furan rings is 1. The highest BCUT2D eigenvalue weighted by atomic mass is 79.9. The number of hydrogen-bond acceptors (Lipinski definition) is 5. The molecule has 2 rings (SSSR count). The van der Waals surface area contributed by atoms with E-state index in [0.29, 0.717) is 28.2 Å². The minimum Gasteiger partial charge on any atom is -0.448 e. The van der Waals surface area contributed by atoms with Gasteiger partial charge in [0.25, 0.3) is 5.91 Å². The summed E-state index contributed by atoms with van der Waals surface area (Å²) in [6.45, 7) is 4.40. The van der Waals surface area contributed by atoms with Crippen molar-refractivity contribution in [2.45, 2.75) is 20.3 Å². The summed E-state index contributed by atoms with van der Waals surface area (Å²) < 4.78 is 7.32. The van der Waals surface area contributed by atoms with E-state index in [4.69, 9.17) is 15.6 Å². The van der Waals surface area contributed by atoms with Crippen LogP contribution in [0.5, 0.6) is 0 Å². The second-order valence-electron chi connectivity index (χ2n) is 5.39. The Morgan fingerprint density at radius 2 is 2.21 bits per heavy atom. The molecule has 0 radical (unpaired) electrons. The molecular weight excluding hydrogens is 374 g/mol. The lowest BCUT2D eigenvalue weighted by atomic mass is 10.2. The molecule has 1 amide bonds. The van der Waals surface area contributed by atoms with Crippen LogP contribution in [0.2, 0.25) is 0 Å². The number of hydrogen-bond donors (Lipinski definition) is 2. The Hall–Kier alpha value is -2.35. The number of carbonyl (C=O) groups is 1. The van der Waals surface area contributed by atoms with E-state index in [1.165, 1.54) is 16.9 Å². The van der Waals surface area contributed by atoms with Crippen molar-refractivity contribution in [3.05, 3.63) is 45.9 Å². The Kier molecular flexibility index (Phi) is 5.61. The number of aromatic nitrogens is 1. The van der Waals surface area contributed by atoms with Crippen LogP contribution in [0.15, 0.2) is 38.6 Å². The number of carbonyl (C=O) groups excluding carboxylic acids is 1. The highest BCUT2D eigenvalue weighted by Gasteiger charge is 2.14. The van der Waals surface area contributed by atoms with E-state index >= 15 is 0 Å². The summed E-state index contributed by atoms with van der Waals surface area (Å²) in [6.07, 6.45) is 2.37. The van der Waals surface area contributed by atoms with Gasteiger partial charge in [-0.15, -0.1) is 0 Å². The van der Waals surface area contributed by atoms with E-state index in [1.807, 2.05) is 6.92 Å². The van der Waals surface area contributed by atoms with Gasteiger partial charge in [0.2, 0.25) is 0 Å². The van der Waals surface area contributed by atoms with Crippen molar-refractivity contribution in [1.82, 2.24) is 9.58 Å². The van der Waals surface area contributed by atoms with Crippen LogP contribution in [0.1, 0.15) is 36.4 Å². The van der Waals surface area contributed by atoms with Crippen LogP contribution >= 0.6 is 15.9 Å². The summed E-state index contributed by atoms with van der Waals surface area (Å²) >= 11 is 3.24. The Bertz CT molecular complexity index is 837. The van der Waals surface area contributed by atoms with E-state index in [9.17, 15) is 4.79 Å². The van der Waals surface area contributed by atoms with Gasteiger partial charge in [-0.05, 0) is 47.5 Å². The third-order valence-electron chi connectivity index (χ3n) is 3.42. The molecule has 8 heteroatoms. The van der Waals surface area contributed by atoms with Crippen molar-refractivity contribution >= 4 is 33.2 Å². The first-order chi connectivity index (χ1) is 11.3. The third kappa shape index (κ3) is 3.94. The van der Waals surface area contributed by atoms with E-state index < -0.39 is 0 Å². The fraction of sp³-hybridized carbons (Fsp3) is 0.312. The maximum absolute atomic E-state index is 12.4. The molecule has 0 unspecified atom stereocenters. The third-order valence-corrected chi connectivity index (χ3v) is 3.84. The van der Waals surface area contributed by atoms with Crippen molar-refractivity contribution in [1.29, 1.82) is 5.41 Å². The molecule has 0 spiro atoms. The predicted octanol–water partition coefficient (Wildman–Crippen LogP) is 2.66. The van der Waals surface area contributed by atoms with Crippen LogP contribution in [-0.4, -0.2) is 34.8 Å². The molecule has 0 aliphatic rings. The molecule has 24 heavy (non-hydrogen) atoms. The Morgan fingerprint density at radius 1 is 1.50 bits per heavy atom. The molecule has 0 aromatic carbocycles. The summed E-state index contributed by atoms with van der Waals surface area (Å²) in [5, 5.41) is 12.4. The van der Waals surface area contributed by atoms with Crippen LogP contribution in [-0.2, 0) is 0 Å². The highest BCUT2D eigenvalue weighted by molar-refractivity contribution is 9.10. The SMILES string of the molecule is CCCN(C)C(=O)c1cc(N)c(=N)n(/N=C(\C)c2ccc(Br)o2)c1. The lowest BCUT2D eigenvalue weighted by molar-refractivity contribution is 0.0794. The summed E-state index contributed by atoms with van der Waals surface area (Å²) in [7, 11) is 1.73. The number of halogens is 1. The largest absolute Gasteiger partial charge is 0.448 e. The number of pyridine rings is 1. The van der Waals surface area contributed by atoms with Gasteiger partial charge in [-0.1, -0.05) is 6.92 Å². The maximum Gasteiger partial charge on any atom is 0.255 e. The van der Waals surface area contributed by atoms with Gasteiger partial charge in [0, 0.05) is 19.8 Å². The van der Waals surface area contributed by atoms with Crippen molar-refractivity contribution in [3.63, 3.8) is 0 Å². The first-order valence-electron chi connectivity index (χ1n) is 7.47. The molecule has 0 saturated carbocycles. The highest BCUT2D eigenvalue weighted by Crippen LogP contribution is 2.15. The molecule has 2 aromatic rings. The van der Waals surface area contributed by atoms with Crippen molar-refractivity contribution in [2.75, 3.05) is 19.3 Å². The number of nitrogen functional groups attached to an aromatic ring is 1. The molecule has 0 fully saturated rings. The van der Waals surface area contributed by atoms with Gasteiger partial charge in [-0.2, -0.15) is 5.10 Å². The van der Waals surface area contributed by atoms with E-state index in [2.05, 4.69) is 21.0 Å². The van der Waals surface area contributed by atoms with E-state index in [-0.39, 0.29) is 17.1 Å². The fourth-order valence-corrected chi connectivity index (χ4v) is 2.48. The summed E-state index contributed by atoms with van der Waals surface area (Å²) in [4.78, 5) is 14.0. The maximum atomic E-state index is 12.4. The normalized spacial score (nSPS) is 11.6. The lowest BCUT2D eigenvalue weighted by Gasteiger charge is -2.17.